The Bertz CT molecular complexity index is 286. The van der Waals surface area contributed by atoms with E-state index in [1.54, 1.807) is 5.92 Å². The highest BCUT2D eigenvalue weighted by atomic mass is 16.6. The second-order valence-electron chi connectivity index (χ2n) is 5.91. The lowest BCUT2D eigenvalue weighted by atomic mass is 9.79. The van der Waals surface area contributed by atoms with Crippen LogP contribution in [0.1, 0.15) is 44.9 Å². The van der Waals surface area contributed by atoms with Crippen LogP contribution >= 0.6 is 0 Å². The monoisotopic (exact) mass is 206 g/mol. The summed E-state index contributed by atoms with van der Waals surface area (Å²) in [5, 5.41) is 0. The van der Waals surface area contributed by atoms with Crippen molar-refractivity contribution in [3.63, 3.8) is 0 Å². The number of ether oxygens (including phenoxy) is 1. The van der Waals surface area contributed by atoms with Gasteiger partial charge >= 0.3 is 0 Å². The first kappa shape index (κ1) is 9.00. The molecular weight excluding hydrogens is 186 g/mol. The zero-order valence-electron chi connectivity index (χ0n) is 9.54. The highest BCUT2D eigenvalue weighted by Gasteiger charge is 2.69. The average molecular weight is 206 g/mol. The minimum absolute atomic E-state index is 0.287. The fourth-order valence-corrected chi connectivity index (χ4v) is 4.40. The smallest absolute Gasteiger partial charge is 0.104 e. The standard InChI is InChI=1S/C13H20NO/c1-14-10-6-7-11(14)12-13(8-10,15-12)9-4-2-3-5-9/h10-12H,2-8H2,1H3/t10?,11?,12?,13-/m1/s1. The van der Waals surface area contributed by atoms with Crippen LogP contribution in [0, 0.1) is 5.92 Å². The maximum atomic E-state index is 6.18. The van der Waals surface area contributed by atoms with Crippen LogP contribution in [0.2, 0.25) is 0 Å². The van der Waals surface area contributed by atoms with Gasteiger partial charge in [0.2, 0.25) is 0 Å². The van der Waals surface area contributed by atoms with Crippen LogP contribution in [0.4, 0.5) is 0 Å². The van der Waals surface area contributed by atoms with Gasteiger partial charge in [-0.2, -0.15) is 0 Å². The zero-order valence-corrected chi connectivity index (χ0v) is 9.54. The third kappa shape index (κ3) is 1.03. The van der Waals surface area contributed by atoms with Gasteiger partial charge in [0.25, 0.3) is 0 Å². The van der Waals surface area contributed by atoms with Crippen LogP contribution in [0.5, 0.6) is 0 Å². The molecule has 1 aliphatic carbocycles. The highest BCUT2D eigenvalue weighted by Crippen LogP contribution is 2.61. The van der Waals surface area contributed by atoms with Crippen LogP contribution < -0.4 is 0 Å². The number of fused-ring (bicyclic) bond motifs is 4. The number of rotatable bonds is 1. The predicted octanol–water partition coefficient (Wildman–Crippen LogP) is 2.14. The third-order valence-corrected chi connectivity index (χ3v) is 5.33. The van der Waals surface area contributed by atoms with Crippen LogP contribution in [0.25, 0.3) is 0 Å². The van der Waals surface area contributed by atoms with Gasteiger partial charge in [0, 0.05) is 18.0 Å². The van der Waals surface area contributed by atoms with Crippen molar-refractivity contribution in [1.29, 1.82) is 0 Å². The van der Waals surface area contributed by atoms with Crippen molar-refractivity contribution in [3.8, 4) is 0 Å². The lowest BCUT2D eigenvalue weighted by Gasteiger charge is -2.34. The van der Waals surface area contributed by atoms with E-state index >= 15 is 0 Å². The van der Waals surface area contributed by atoms with E-state index in [1.165, 1.54) is 44.9 Å². The summed E-state index contributed by atoms with van der Waals surface area (Å²) in [6, 6.07) is 1.57. The van der Waals surface area contributed by atoms with E-state index in [2.05, 4.69) is 11.9 Å². The van der Waals surface area contributed by atoms with Crippen molar-refractivity contribution >= 4 is 0 Å². The first-order valence-corrected chi connectivity index (χ1v) is 6.56. The summed E-state index contributed by atoms with van der Waals surface area (Å²) in [6.07, 6.45) is 10.2. The molecular formula is C13H20NO. The Kier molecular flexibility index (Phi) is 1.67. The molecule has 4 atom stereocenters. The van der Waals surface area contributed by atoms with E-state index in [-0.39, 0.29) is 5.60 Å². The fraction of sp³-hybridized carbons (Fsp3) is 0.923. The van der Waals surface area contributed by atoms with Crippen molar-refractivity contribution in [2.24, 2.45) is 0 Å². The summed E-state index contributed by atoms with van der Waals surface area (Å²) in [7, 11) is 2.30. The molecule has 1 saturated carbocycles. The Hall–Kier alpha value is -0.0800. The largest absolute Gasteiger partial charge is 0.364 e. The molecule has 2 heteroatoms. The van der Waals surface area contributed by atoms with E-state index < -0.39 is 0 Å². The van der Waals surface area contributed by atoms with Crippen LogP contribution in [0.15, 0.2) is 0 Å². The van der Waals surface area contributed by atoms with Crippen molar-refractivity contribution in [3.05, 3.63) is 5.92 Å². The summed E-state index contributed by atoms with van der Waals surface area (Å²) in [6.45, 7) is 0. The minimum Gasteiger partial charge on any atom is -0.364 e. The Morgan fingerprint density at radius 2 is 2.07 bits per heavy atom. The molecule has 2 bridgehead atoms. The van der Waals surface area contributed by atoms with E-state index in [9.17, 15) is 0 Å². The Balaban J connectivity index is 1.62. The zero-order chi connectivity index (χ0) is 10.0. The molecule has 83 valence electrons. The summed E-state index contributed by atoms with van der Waals surface area (Å²) < 4.78 is 6.18. The Morgan fingerprint density at radius 3 is 2.87 bits per heavy atom. The predicted molar refractivity (Wildman–Crippen MR) is 58.5 cm³/mol. The molecule has 0 aromatic carbocycles. The molecule has 4 fully saturated rings. The van der Waals surface area contributed by atoms with Gasteiger partial charge in [-0.15, -0.1) is 0 Å². The first-order chi connectivity index (χ1) is 7.31. The third-order valence-electron chi connectivity index (χ3n) is 5.33. The second kappa shape index (κ2) is 2.78. The molecule has 3 unspecified atom stereocenters. The number of likely N-dealkylation sites (N-methyl/N-ethyl adjacent to an activating group) is 1. The molecule has 0 aromatic rings. The first-order valence-electron chi connectivity index (χ1n) is 6.56. The molecule has 15 heavy (non-hydrogen) atoms. The van der Waals surface area contributed by atoms with Gasteiger partial charge in [-0.3, -0.25) is 4.90 Å². The molecule has 0 amide bonds. The van der Waals surface area contributed by atoms with E-state index in [1.807, 2.05) is 0 Å². The normalized spacial score (nSPS) is 54.6. The molecule has 1 radical (unpaired) electrons. The van der Waals surface area contributed by atoms with Gasteiger partial charge in [0.1, 0.15) is 11.7 Å². The van der Waals surface area contributed by atoms with Gasteiger partial charge in [-0.05, 0) is 39.2 Å². The molecule has 0 spiro atoms. The van der Waals surface area contributed by atoms with Crippen molar-refractivity contribution < 1.29 is 4.74 Å². The van der Waals surface area contributed by atoms with Gasteiger partial charge in [0.05, 0.1) is 0 Å². The molecule has 0 N–H and O–H groups in total. The van der Waals surface area contributed by atoms with Gasteiger partial charge in [-0.25, -0.2) is 0 Å². The Morgan fingerprint density at radius 1 is 1.27 bits per heavy atom. The van der Waals surface area contributed by atoms with Crippen molar-refractivity contribution in [2.45, 2.75) is 68.7 Å². The summed E-state index contributed by atoms with van der Waals surface area (Å²) >= 11 is 0. The molecule has 3 saturated heterocycles. The molecule has 2 nitrogen and oxygen atoms in total. The number of hydrogen-bond donors (Lipinski definition) is 0. The number of nitrogens with zero attached hydrogens (tertiary/aromatic N) is 1. The second-order valence-corrected chi connectivity index (χ2v) is 5.91. The van der Waals surface area contributed by atoms with Gasteiger partial charge in [0.15, 0.2) is 0 Å². The molecule has 3 heterocycles. The summed E-state index contributed by atoms with van der Waals surface area (Å²) in [5.74, 6) is 1.78. The average Bonchev–Trinajstić information content (AvgIpc) is 2.58. The number of hydrogen-bond acceptors (Lipinski definition) is 2. The van der Waals surface area contributed by atoms with E-state index in [4.69, 9.17) is 4.74 Å². The summed E-state index contributed by atoms with van der Waals surface area (Å²) in [5.41, 5.74) is 0.287. The SMILES string of the molecule is CN1C2CCC1C1O[C@@]1([C]1CCCC1)C2. The van der Waals surface area contributed by atoms with Crippen LogP contribution in [-0.2, 0) is 4.74 Å². The molecule has 3 aliphatic heterocycles. The van der Waals surface area contributed by atoms with Gasteiger partial charge < -0.3 is 4.74 Å². The quantitative estimate of drug-likeness (QED) is 0.611. The van der Waals surface area contributed by atoms with Crippen molar-refractivity contribution in [2.75, 3.05) is 7.05 Å². The summed E-state index contributed by atoms with van der Waals surface area (Å²) in [4.78, 5) is 2.59. The topological polar surface area (TPSA) is 15.8 Å². The van der Waals surface area contributed by atoms with E-state index in [0.717, 1.165) is 12.1 Å². The fourth-order valence-electron chi connectivity index (χ4n) is 4.40. The highest BCUT2D eigenvalue weighted by molar-refractivity contribution is 5.30. The number of piperidine rings is 1. The molecule has 0 aromatic heterocycles. The van der Waals surface area contributed by atoms with E-state index in [0.29, 0.717) is 6.10 Å². The lowest BCUT2D eigenvalue weighted by molar-refractivity contribution is 0.179. The molecule has 4 aliphatic rings. The maximum absolute atomic E-state index is 6.18. The number of epoxide rings is 1. The molecule has 4 rings (SSSR count). The maximum Gasteiger partial charge on any atom is 0.104 e. The van der Waals surface area contributed by atoms with Gasteiger partial charge in [-0.1, -0.05) is 12.8 Å². The Labute approximate surface area is 92.0 Å². The van der Waals surface area contributed by atoms with Crippen LogP contribution in [0.3, 0.4) is 0 Å². The lowest BCUT2D eigenvalue weighted by Crippen LogP contribution is -2.47. The minimum atomic E-state index is 0.287. The van der Waals surface area contributed by atoms with Crippen molar-refractivity contribution in [1.82, 2.24) is 4.90 Å². The van der Waals surface area contributed by atoms with Crippen LogP contribution in [-0.4, -0.2) is 35.7 Å².